The van der Waals surface area contributed by atoms with Crippen molar-refractivity contribution in [2.45, 2.75) is 19.1 Å². The van der Waals surface area contributed by atoms with Crippen LogP contribution in [-0.2, 0) is 17.5 Å². The lowest BCUT2D eigenvalue weighted by atomic mass is 10.1. The molecule has 0 amide bonds. The van der Waals surface area contributed by atoms with E-state index in [9.17, 15) is 13.2 Å². The highest BCUT2D eigenvalue weighted by molar-refractivity contribution is 14.0. The molecule has 0 radical (unpaired) electrons. The molecular formula is C16H23F3IN3O. The highest BCUT2D eigenvalue weighted by Gasteiger charge is 2.29. The van der Waals surface area contributed by atoms with Crippen LogP contribution in [0.25, 0.3) is 0 Å². The third-order valence-corrected chi connectivity index (χ3v) is 3.85. The van der Waals surface area contributed by atoms with Gasteiger partial charge in [-0.3, -0.25) is 4.99 Å². The van der Waals surface area contributed by atoms with E-state index in [1.165, 1.54) is 12.1 Å². The van der Waals surface area contributed by atoms with E-state index in [0.717, 1.165) is 49.8 Å². The minimum atomic E-state index is -4.30. The molecule has 2 rings (SSSR count). The molecule has 24 heavy (non-hydrogen) atoms. The maximum Gasteiger partial charge on any atom is 0.416 e. The standard InChI is InChI=1S/C16H22F3N3O.HI/c1-20-15(21-9-13-7-8-23-11-13)22(2)10-12-3-5-14(6-4-12)16(17,18)19;/h3-6,13H,7-11H2,1-2H3,(H,20,21);1H. The van der Waals surface area contributed by atoms with Gasteiger partial charge in [-0.15, -0.1) is 24.0 Å². The van der Waals surface area contributed by atoms with Crippen LogP contribution in [0.15, 0.2) is 29.3 Å². The number of ether oxygens (including phenoxy) is 1. The van der Waals surface area contributed by atoms with Crippen LogP contribution < -0.4 is 5.32 Å². The second kappa shape index (κ2) is 9.45. The van der Waals surface area contributed by atoms with E-state index < -0.39 is 11.7 Å². The largest absolute Gasteiger partial charge is 0.416 e. The summed E-state index contributed by atoms with van der Waals surface area (Å²) in [7, 11) is 3.55. The molecule has 136 valence electrons. The maximum absolute atomic E-state index is 12.6. The number of nitrogens with one attached hydrogen (secondary N) is 1. The second-order valence-corrected chi connectivity index (χ2v) is 5.71. The van der Waals surface area contributed by atoms with Crippen LogP contribution in [0.5, 0.6) is 0 Å². The Morgan fingerprint density at radius 3 is 2.50 bits per heavy atom. The summed E-state index contributed by atoms with van der Waals surface area (Å²) in [6.07, 6.45) is -3.27. The molecule has 1 saturated heterocycles. The lowest BCUT2D eigenvalue weighted by Crippen LogP contribution is -2.40. The van der Waals surface area contributed by atoms with Gasteiger partial charge < -0.3 is 15.0 Å². The molecule has 1 aliphatic rings. The maximum atomic E-state index is 12.6. The van der Waals surface area contributed by atoms with Crippen LogP contribution in [0.2, 0.25) is 0 Å². The Bertz CT molecular complexity index is 528. The first kappa shape index (κ1) is 21.0. The predicted molar refractivity (Wildman–Crippen MR) is 98.6 cm³/mol. The fraction of sp³-hybridized carbons (Fsp3) is 0.562. The van der Waals surface area contributed by atoms with Crippen LogP contribution in [0.3, 0.4) is 0 Å². The van der Waals surface area contributed by atoms with Crippen LogP contribution in [0.1, 0.15) is 17.5 Å². The average Bonchev–Trinajstić information content (AvgIpc) is 3.01. The lowest BCUT2D eigenvalue weighted by molar-refractivity contribution is -0.137. The van der Waals surface area contributed by atoms with Crippen molar-refractivity contribution in [2.24, 2.45) is 10.9 Å². The van der Waals surface area contributed by atoms with Crippen LogP contribution in [0.4, 0.5) is 13.2 Å². The molecule has 1 atom stereocenters. The molecule has 1 aromatic carbocycles. The van der Waals surface area contributed by atoms with Gasteiger partial charge in [0, 0.05) is 39.7 Å². The highest BCUT2D eigenvalue weighted by Crippen LogP contribution is 2.29. The van der Waals surface area contributed by atoms with Gasteiger partial charge in [-0.2, -0.15) is 13.2 Å². The number of hydrogen-bond donors (Lipinski definition) is 1. The summed E-state index contributed by atoms with van der Waals surface area (Å²) < 4.78 is 43.0. The number of aliphatic imine (C=N–C) groups is 1. The monoisotopic (exact) mass is 457 g/mol. The molecule has 0 aliphatic carbocycles. The molecule has 1 aliphatic heterocycles. The molecule has 4 nitrogen and oxygen atoms in total. The first-order valence-corrected chi connectivity index (χ1v) is 7.56. The molecule has 1 aromatic rings. The number of hydrogen-bond acceptors (Lipinski definition) is 2. The Morgan fingerprint density at radius 2 is 2.00 bits per heavy atom. The molecule has 0 bridgehead atoms. The first-order chi connectivity index (χ1) is 10.9. The molecule has 1 fully saturated rings. The van der Waals surface area contributed by atoms with Crippen LogP contribution >= 0.6 is 24.0 Å². The fourth-order valence-electron chi connectivity index (χ4n) is 2.51. The Hall–Kier alpha value is -1.03. The minimum absolute atomic E-state index is 0. The SMILES string of the molecule is CN=C(NCC1CCOC1)N(C)Cc1ccc(C(F)(F)F)cc1.I. The van der Waals surface area contributed by atoms with Gasteiger partial charge >= 0.3 is 6.18 Å². The Balaban J connectivity index is 0.00000288. The van der Waals surface area contributed by atoms with E-state index in [4.69, 9.17) is 4.74 Å². The third kappa shape index (κ3) is 6.12. The van der Waals surface area contributed by atoms with Gasteiger partial charge in [0.1, 0.15) is 0 Å². The van der Waals surface area contributed by atoms with E-state index in [2.05, 4.69) is 10.3 Å². The molecule has 8 heteroatoms. The number of halogens is 4. The molecule has 1 unspecified atom stereocenters. The number of nitrogens with zero attached hydrogens (tertiary/aromatic N) is 2. The van der Waals surface area contributed by atoms with Gasteiger partial charge in [-0.1, -0.05) is 12.1 Å². The summed E-state index contributed by atoms with van der Waals surface area (Å²) in [5, 5.41) is 3.28. The first-order valence-electron chi connectivity index (χ1n) is 7.56. The molecule has 1 N–H and O–H groups in total. The van der Waals surface area contributed by atoms with Crippen molar-refractivity contribution in [3.63, 3.8) is 0 Å². The zero-order valence-corrected chi connectivity index (χ0v) is 16.1. The van der Waals surface area contributed by atoms with Gasteiger partial charge in [0.15, 0.2) is 5.96 Å². The summed E-state index contributed by atoms with van der Waals surface area (Å²) in [4.78, 5) is 6.10. The van der Waals surface area contributed by atoms with Crippen molar-refractivity contribution in [3.8, 4) is 0 Å². The number of guanidine groups is 1. The molecule has 1 heterocycles. The zero-order chi connectivity index (χ0) is 16.9. The lowest BCUT2D eigenvalue weighted by Gasteiger charge is -2.23. The van der Waals surface area contributed by atoms with Crippen molar-refractivity contribution in [3.05, 3.63) is 35.4 Å². The number of rotatable bonds is 4. The Labute approximate surface area is 157 Å². The normalized spacial score (nSPS) is 18.2. The van der Waals surface area contributed by atoms with E-state index in [1.807, 2.05) is 11.9 Å². The zero-order valence-electron chi connectivity index (χ0n) is 13.8. The number of benzene rings is 1. The van der Waals surface area contributed by atoms with Gasteiger partial charge in [0.25, 0.3) is 0 Å². The Kier molecular flexibility index (Phi) is 8.28. The van der Waals surface area contributed by atoms with E-state index in [0.29, 0.717) is 12.5 Å². The van der Waals surface area contributed by atoms with Gasteiger partial charge in [-0.25, -0.2) is 0 Å². The summed E-state index contributed by atoms with van der Waals surface area (Å²) >= 11 is 0. The number of alkyl halides is 3. The Morgan fingerprint density at radius 1 is 1.33 bits per heavy atom. The van der Waals surface area contributed by atoms with Crippen molar-refractivity contribution in [1.29, 1.82) is 0 Å². The van der Waals surface area contributed by atoms with Crippen molar-refractivity contribution in [2.75, 3.05) is 33.9 Å². The summed E-state index contributed by atoms with van der Waals surface area (Å²) in [6.45, 7) is 2.82. The summed E-state index contributed by atoms with van der Waals surface area (Å²) in [5.74, 6) is 1.20. The molecule has 0 spiro atoms. The minimum Gasteiger partial charge on any atom is -0.381 e. The van der Waals surface area contributed by atoms with Crippen molar-refractivity contribution < 1.29 is 17.9 Å². The molecular weight excluding hydrogens is 434 g/mol. The quantitative estimate of drug-likeness (QED) is 0.428. The molecule has 0 aromatic heterocycles. The van der Waals surface area contributed by atoms with Gasteiger partial charge in [-0.05, 0) is 24.1 Å². The summed E-state index contributed by atoms with van der Waals surface area (Å²) in [5.41, 5.74) is 0.167. The summed E-state index contributed by atoms with van der Waals surface area (Å²) in [6, 6.07) is 5.21. The van der Waals surface area contributed by atoms with Gasteiger partial charge in [0.2, 0.25) is 0 Å². The van der Waals surface area contributed by atoms with Crippen molar-refractivity contribution >= 4 is 29.9 Å². The highest BCUT2D eigenvalue weighted by atomic mass is 127. The van der Waals surface area contributed by atoms with Gasteiger partial charge in [0.05, 0.1) is 12.2 Å². The predicted octanol–water partition coefficient (Wildman–Crippen LogP) is 3.37. The average molecular weight is 457 g/mol. The molecule has 0 saturated carbocycles. The second-order valence-electron chi connectivity index (χ2n) is 5.71. The van der Waals surface area contributed by atoms with Crippen LogP contribution in [0, 0.1) is 5.92 Å². The third-order valence-electron chi connectivity index (χ3n) is 3.85. The van der Waals surface area contributed by atoms with E-state index in [1.54, 1.807) is 7.05 Å². The fourth-order valence-corrected chi connectivity index (χ4v) is 2.51. The van der Waals surface area contributed by atoms with E-state index >= 15 is 0 Å². The topological polar surface area (TPSA) is 36.9 Å². The van der Waals surface area contributed by atoms with Crippen molar-refractivity contribution in [1.82, 2.24) is 10.2 Å². The van der Waals surface area contributed by atoms with Crippen LogP contribution in [-0.4, -0.2) is 44.7 Å². The smallest absolute Gasteiger partial charge is 0.381 e. The van der Waals surface area contributed by atoms with E-state index in [-0.39, 0.29) is 24.0 Å².